The third-order valence-corrected chi connectivity index (χ3v) is 6.13. The van der Waals surface area contributed by atoms with Crippen LogP contribution in [0.3, 0.4) is 0 Å². The molecule has 0 spiro atoms. The van der Waals surface area contributed by atoms with Crippen molar-refractivity contribution in [3.63, 3.8) is 0 Å². The molecule has 0 bridgehead atoms. The molecule has 2 heterocycles. The topological polar surface area (TPSA) is 82.5 Å². The molecule has 1 N–H and O–H groups in total. The van der Waals surface area contributed by atoms with Gasteiger partial charge in [0.05, 0.1) is 25.5 Å². The van der Waals surface area contributed by atoms with Gasteiger partial charge in [0.1, 0.15) is 4.70 Å². The average molecular weight is 434 g/mol. The van der Waals surface area contributed by atoms with Crippen LogP contribution in [0, 0.1) is 0 Å². The highest BCUT2D eigenvalue weighted by atomic mass is 32.2. The Morgan fingerprint density at radius 1 is 1.24 bits per heavy atom. The van der Waals surface area contributed by atoms with Crippen LogP contribution in [0.15, 0.2) is 39.6 Å². The number of carbonyl (C=O) groups is 1. The zero-order valence-corrected chi connectivity index (χ0v) is 18.2. The fourth-order valence-electron chi connectivity index (χ4n) is 2.79. The van der Waals surface area contributed by atoms with Gasteiger partial charge in [-0.15, -0.1) is 11.3 Å². The van der Waals surface area contributed by atoms with Crippen molar-refractivity contribution >= 4 is 44.9 Å². The number of nitrogens with one attached hydrogen (secondary N) is 1. The molecule has 7 nitrogen and oxygen atoms in total. The molecule has 0 fully saturated rings. The molecule has 0 aliphatic rings. The van der Waals surface area contributed by atoms with Crippen LogP contribution in [-0.4, -0.2) is 35.4 Å². The number of benzene rings is 1. The van der Waals surface area contributed by atoms with Crippen molar-refractivity contribution in [1.29, 1.82) is 0 Å². The van der Waals surface area contributed by atoms with E-state index >= 15 is 0 Å². The average Bonchev–Trinajstić information content (AvgIpc) is 3.20. The fourth-order valence-corrected chi connectivity index (χ4v) is 4.39. The number of carbonyl (C=O) groups excluding carboxylic acids is 1. The number of rotatable bonds is 9. The molecular weight excluding hydrogens is 410 g/mol. The van der Waals surface area contributed by atoms with Crippen molar-refractivity contribution in [3.8, 4) is 11.5 Å². The van der Waals surface area contributed by atoms with Crippen molar-refractivity contribution in [2.45, 2.75) is 31.5 Å². The van der Waals surface area contributed by atoms with Gasteiger partial charge in [-0.05, 0) is 30.0 Å². The molecule has 0 aliphatic heterocycles. The van der Waals surface area contributed by atoms with Crippen LogP contribution >= 0.6 is 23.1 Å². The Kier molecular flexibility index (Phi) is 7.16. The zero-order valence-electron chi connectivity index (χ0n) is 16.6. The first-order valence-corrected chi connectivity index (χ1v) is 11.1. The fraction of sp³-hybridized carbons (Fsp3) is 0.350. The van der Waals surface area contributed by atoms with E-state index in [-0.39, 0.29) is 17.2 Å². The van der Waals surface area contributed by atoms with Gasteiger partial charge in [-0.2, -0.15) is 0 Å². The van der Waals surface area contributed by atoms with E-state index in [0.29, 0.717) is 39.1 Å². The van der Waals surface area contributed by atoms with Crippen molar-refractivity contribution in [3.05, 3.63) is 40.0 Å². The number of ether oxygens (including phenoxy) is 2. The Bertz CT molecular complexity index is 1060. The number of thioether (sulfide) groups is 1. The first-order chi connectivity index (χ1) is 14.1. The summed E-state index contributed by atoms with van der Waals surface area (Å²) in [5.41, 5.74) is 1.25. The highest BCUT2D eigenvalue weighted by Gasteiger charge is 2.14. The summed E-state index contributed by atoms with van der Waals surface area (Å²) in [4.78, 5) is 29.8. The van der Waals surface area contributed by atoms with Crippen molar-refractivity contribution < 1.29 is 14.3 Å². The van der Waals surface area contributed by atoms with Crippen molar-refractivity contribution in [2.24, 2.45) is 0 Å². The minimum absolute atomic E-state index is 0.0405. The van der Waals surface area contributed by atoms with Crippen molar-refractivity contribution in [1.82, 2.24) is 9.55 Å². The second kappa shape index (κ2) is 9.80. The Morgan fingerprint density at radius 3 is 2.76 bits per heavy atom. The molecule has 9 heteroatoms. The standard InChI is InChI=1S/C20H23N3O4S2/c1-4-5-9-23-19(25)18-14(8-10-28-18)22-20(23)29-12-17(24)21-13-6-7-15(26-2)16(11-13)27-3/h6-8,10-11H,4-5,9,12H2,1-3H3,(H,21,24). The summed E-state index contributed by atoms with van der Waals surface area (Å²) in [5.74, 6) is 1.08. The number of amides is 1. The molecule has 0 unspecified atom stereocenters. The number of hydrogen-bond donors (Lipinski definition) is 1. The van der Waals surface area contributed by atoms with Crippen LogP contribution in [0.4, 0.5) is 5.69 Å². The Hall–Kier alpha value is -2.52. The first kappa shape index (κ1) is 21.2. The van der Waals surface area contributed by atoms with Gasteiger partial charge in [0.25, 0.3) is 5.56 Å². The third-order valence-electron chi connectivity index (χ3n) is 4.27. The minimum Gasteiger partial charge on any atom is -0.493 e. The Labute approximate surface area is 177 Å². The summed E-state index contributed by atoms with van der Waals surface area (Å²) in [6, 6.07) is 7.01. The third kappa shape index (κ3) is 4.91. The molecule has 0 radical (unpaired) electrons. The SMILES string of the molecule is CCCCn1c(SCC(=O)Nc2ccc(OC)c(OC)c2)nc2ccsc2c1=O. The van der Waals surface area contributed by atoms with Crippen LogP contribution in [-0.2, 0) is 11.3 Å². The summed E-state index contributed by atoms with van der Waals surface area (Å²) in [5, 5.41) is 5.27. The maximum atomic E-state index is 12.8. The van der Waals surface area contributed by atoms with Crippen LogP contribution in [0.2, 0.25) is 0 Å². The summed E-state index contributed by atoms with van der Waals surface area (Å²) in [7, 11) is 3.10. The number of anilines is 1. The molecule has 154 valence electrons. The number of unbranched alkanes of at least 4 members (excludes halogenated alkanes) is 1. The molecule has 2 aromatic heterocycles. The minimum atomic E-state index is -0.191. The van der Waals surface area contributed by atoms with Crippen molar-refractivity contribution in [2.75, 3.05) is 25.3 Å². The summed E-state index contributed by atoms with van der Waals surface area (Å²) < 4.78 is 12.8. The smallest absolute Gasteiger partial charge is 0.272 e. The van der Waals surface area contributed by atoms with Gasteiger partial charge in [-0.25, -0.2) is 4.98 Å². The van der Waals surface area contributed by atoms with Gasteiger partial charge in [0.2, 0.25) is 5.91 Å². The highest BCUT2D eigenvalue weighted by molar-refractivity contribution is 7.99. The number of aromatic nitrogens is 2. The molecule has 3 rings (SSSR count). The molecule has 0 atom stereocenters. The maximum absolute atomic E-state index is 12.8. The lowest BCUT2D eigenvalue weighted by Crippen LogP contribution is -2.23. The molecule has 3 aromatic rings. The van der Waals surface area contributed by atoms with Crippen LogP contribution < -0.4 is 20.3 Å². The number of nitrogens with zero attached hydrogens (tertiary/aromatic N) is 2. The van der Waals surface area contributed by atoms with E-state index in [1.807, 2.05) is 11.4 Å². The maximum Gasteiger partial charge on any atom is 0.272 e. The van der Waals surface area contributed by atoms with E-state index in [4.69, 9.17) is 9.47 Å². The number of fused-ring (bicyclic) bond motifs is 1. The predicted octanol–water partition coefficient (Wildman–Crippen LogP) is 4.01. The largest absolute Gasteiger partial charge is 0.493 e. The summed E-state index contributed by atoms with van der Waals surface area (Å²) in [6.07, 6.45) is 1.85. The first-order valence-electron chi connectivity index (χ1n) is 9.20. The van der Waals surface area contributed by atoms with Gasteiger partial charge < -0.3 is 14.8 Å². The molecule has 0 saturated carbocycles. The lowest BCUT2D eigenvalue weighted by atomic mass is 10.2. The lowest BCUT2D eigenvalue weighted by molar-refractivity contribution is -0.113. The van der Waals surface area contributed by atoms with E-state index in [0.717, 1.165) is 12.8 Å². The van der Waals surface area contributed by atoms with Crippen LogP contribution in [0.5, 0.6) is 11.5 Å². The molecule has 0 aliphatic carbocycles. The van der Waals surface area contributed by atoms with E-state index in [9.17, 15) is 9.59 Å². The number of thiophene rings is 1. The van der Waals surface area contributed by atoms with Gasteiger partial charge in [-0.1, -0.05) is 25.1 Å². The highest BCUT2D eigenvalue weighted by Crippen LogP contribution is 2.30. The Morgan fingerprint density at radius 2 is 2.03 bits per heavy atom. The summed E-state index contributed by atoms with van der Waals surface area (Å²) >= 11 is 2.66. The van der Waals surface area contributed by atoms with Crippen LogP contribution in [0.25, 0.3) is 10.2 Å². The van der Waals surface area contributed by atoms with E-state index < -0.39 is 0 Å². The number of methoxy groups -OCH3 is 2. The predicted molar refractivity (Wildman–Crippen MR) is 118 cm³/mol. The zero-order chi connectivity index (χ0) is 20.8. The molecule has 1 amide bonds. The molecular formula is C20H23N3O4S2. The second-order valence-corrected chi connectivity index (χ2v) is 8.10. The monoisotopic (exact) mass is 433 g/mol. The normalized spacial score (nSPS) is 10.9. The van der Waals surface area contributed by atoms with Gasteiger partial charge in [0.15, 0.2) is 16.7 Å². The molecule has 0 saturated heterocycles. The van der Waals surface area contributed by atoms with E-state index in [2.05, 4.69) is 17.2 Å². The van der Waals surface area contributed by atoms with Gasteiger partial charge in [0, 0.05) is 18.3 Å². The molecule has 29 heavy (non-hydrogen) atoms. The lowest BCUT2D eigenvalue weighted by Gasteiger charge is -2.12. The quantitative estimate of drug-likeness (QED) is 0.406. The van der Waals surface area contributed by atoms with Gasteiger partial charge >= 0.3 is 0 Å². The summed E-state index contributed by atoms with van der Waals surface area (Å²) in [6.45, 7) is 2.67. The second-order valence-electron chi connectivity index (χ2n) is 6.25. The van der Waals surface area contributed by atoms with Crippen LogP contribution in [0.1, 0.15) is 19.8 Å². The molecule has 1 aromatic carbocycles. The number of hydrogen-bond acceptors (Lipinski definition) is 7. The van der Waals surface area contributed by atoms with Gasteiger partial charge in [-0.3, -0.25) is 14.2 Å². The Balaban J connectivity index is 1.74. The van der Waals surface area contributed by atoms with E-state index in [1.54, 1.807) is 37.0 Å². The van der Waals surface area contributed by atoms with E-state index in [1.165, 1.54) is 23.1 Å².